The number of amides is 2. The van der Waals surface area contributed by atoms with Crippen LogP contribution in [0.3, 0.4) is 0 Å². The van der Waals surface area contributed by atoms with Gasteiger partial charge in [0, 0.05) is 11.3 Å². The van der Waals surface area contributed by atoms with Crippen LogP contribution in [0, 0.1) is 19.3 Å². The van der Waals surface area contributed by atoms with Crippen LogP contribution in [0.25, 0.3) is 0 Å². The number of nitrogens with one attached hydrogen (secondary N) is 3. The summed E-state index contributed by atoms with van der Waals surface area (Å²) in [5.41, 5.74) is 4.33. The fourth-order valence-electron chi connectivity index (χ4n) is 4.82. The van der Waals surface area contributed by atoms with E-state index in [-0.39, 0.29) is 17.2 Å². The summed E-state index contributed by atoms with van der Waals surface area (Å²) in [7, 11) is 1.57. The Morgan fingerprint density at radius 3 is 2.70 bits per heavy atom. The van der Waals surface area contributed by atoms with E-state index in [9.17, 15) is 14.7 Å². The van der Waals surface area contributed by atoms with Gasteiger partial charge < -0.3 is 25.5 Å². The Balaban J connectivity index is 1.82. The molecule has 2 amide bonds. The normalized spacial score (nSPS) is 17.7. The van der Waals surface area contributed by atoms with Crippen molar-refractivity contribution in [3.05, 3.63) is 46.3 Å². The average Bonchev–Trinajstić information content (AvgIpc) is 3.06. The summed E-state index contributed by atoms with van der Waals surface area (Å²) < 4.78 is 5.45. The number of hydrogen-bond donors (Lipinski definition) is 4. The van der Waals surface area contributed by atoms with Crippen molar-refractivity contribution in [2.45, 2.75) is 78.9 Å². The number of methoxy groups -OCH3 is 1. The number of para-hydroxylation sites is 1. The SMILES string of the molecule is CCCCC(NC(=O)c1[nH]c2c(c1C)C(O)CC(C)(C)C2)C(=O)Nc1cccc(C)c1OC. The van der Waals surface area contributed by atoms with E-state index in [1.807, 2.05) is 32.9 Å². The van der Waals surface area contributed by atoms with E-state index in [0.717, 1.165) is 41.6 Å². The van der Waals surface area contributed by atoms with Gasteiger partial charge in [-0.15, -0.1) is 0 Å². The summed E-state index contributed by atoms with van der Waals surface area (Å²) in [6.07, 6.45) is 3.05. The number of aromatic amines is 1. The molecule has 3 rings (SSSR count). The first kappa shape index (κ1) is 24.8. The van der Waals surface area contributed by atoms with E-state index in [1.165, 1.54) is 0 Å². The lowest BCUT2D eigenvalue weighted by Gasteiger charge is -2.33. The van der Waals surface area contributed by atoms with Crippen molar-refractivity contribution >= 4 is 17.5 Å². The molecule has 180 valence electrons. The van der Waals surface area contributed by atoms with Crippen molar-refractivity contribution < 1.29 is 19.4 Å². The summed E-state index contributed by atoms with van der Waals surface area (Å²) in [4.78, 5) is 29.6. The number of rotatable bonds is 8. The molecule has 0 aliphatic heterocycles. The number of aliphatic hydroxyl groups excluding tert-OH is 1. The molecule has 1 aliphatic rings. The van der Waals surface area contributed by atoms with Crippen LogP contribution >= 0.6 is 0 Å². The lowest BCUT2D eigenvalue weighted by atomic mass is 9.75. The third kappa shape index (κ3) is 5.41. The smallest absolute Gasteiger partial charge is 0.268 e. The number of ether oxygens (including phenoxy) is 1. The molecular formula is C26H37N3O4. The molecule has 1 aliphatic carbocycles. The van der Waals surface area contributed by atoms with Crippen LogP contribution in [-0.2, 0) is 11.2 Å². The number of aryl methyl sites for hydroxylation is 1. The predicted octanol–water partition coefficient (Wildman–Crippen LogP) is 4.57. The highest BCUT2D eigenvalue weighted by Crippen LogP contribution is 2.42. The van der Waals surface area contributed by atoms with Gasteiger partial charge in [0.05, 0.1) is 18.9 Å². The zero-order valence-electron chi connectivity index (χ0n) is 20.6. The molecule has 4 N–H and O–H groups in total. The number of carbonyl (C=O) groups is 2. The summed E-state index contributed by atoms with van der Waals surface area (Å²) >= 11 is 0. The molecule has 0 fully saturated rings. The minimum absolute atomic E-state index is 0.0477. The molecule has 1 heterocycles. The van der Waals surface area contributed by atoms with Crippen molar-refractivity contribution in [1.82, 2.24) is 10.3 Å². The maximum atomic E-state index is 13.2. The van der Waals surface area contributed by atoms with Gasteiger partial charge in [0.2, 0.25) is 5.91 Å². The Kier molecular flexibility index (Phi) is 7.52. The number of anilines is 1. The van der Waals surface area contributed by atoms with E-state index >= 15 is 0 Å². The molecule has 0 saturated heterocycles. The lowest BCUT2D eigenvalue weighted by Crippen LogP contribution is -2.44. The maximum Gasteiger partial charge on any atom is 0.268 e. The van der Waals surface area contributed by atoms with Crippen LogP contribution < -0.4 is 15.4 Å². The van der Waals surface area contributed by atoms with E-state index < -0.39 is 12.1 Å². The Labute approximate surface area is 196 Å². The highest BCUT2D eigenvalue weighted by atomic mass is 16.5. The second kappa shape index (κ2) is 10.00. The first-order chi connectivity index (χ1) is 15.6. The highest BCUT2D eigenvalue weighted by molar-refractivity contribution is 6.02. The lowest BCUT2D eigenvalue weighted by molar-refractivity contribution is -0.118. The molecule has 2 atom stereocenters. The van der Waals surface area contributed by atoms with Crippen molar-refractivity contribution in [2.24, 2.45) is 5.41 Å². The molecule has 7 nitrogen and oxygen atoms in total. The minimum atomic E-state index is -0.691. The molecular weight excluding hydrogens is 418 g/mol. The molecule has 0 saturated carbocycles. The van der Waals surface area contributed by atoms with Crippen molar-refractivity contribution in [2.75, 3.05) is 12.4 Å². The van der Waals surface area contributed by atoms with Gasteiger partial charge in [-0.1, -0.05) is 45.7 Å². The van der Waals surface area contributed by atoms with E-state index in [1.54, 1.807) is 13.2 Å². The Morgan fingerprint density at radius 2 is 2.03 bits per heavy atom. The van der Waals surface area contributed by atoms with Crippen LogP contribution in [0.15, 0.2) is 18.2 Å². The Morgan fingerprint density at radius 1 is 1.30 bits per heavy atom. The minimum Gasteiger partial charge on any atom is -0.494 e. The molecule has 33 heavy (non-hydrogen) atoms. The standard InChI is InChI=1S/C26H37N3O4/c1-7-8-11-18(24(31)28-17-12-9-10-15(2)23(17)33-6)29-25(32)22-16(3)21-19(27-22)13-26(4,5)14-20(21)30/h9-10,12,18,20,27,30H,7-8,11,13-14H2,1-6H3,(H,28,31)(H,29,32). The second-order valence-corrected chi connectivity index (χ2v) is 9.89. The molecule has 0 spiro atoms. The summed E-state index contributed by atoms with van der Waals surface area (Å²) in [5.74, 6) is -0.00823. The van der Waals surface area contributed by atoms with Crippen LogP contribution in [0.4, 0.5) is 5.69 Å². The van der Waals surface area contributed by atoms with Crippen LogP contribution in [-0.4, -0.2) is 35.1 Å². The van der Waals surface area contributed by atoms with Crippen LogP contribution in [0.2, 0.25) is 0 Å². The van der Waals surface area contributed by atoms with Crippen LogP contribution in [0.1, 0.15) is 85.4 Å². The first-order valence-corrected chi connectivity index (χ1v) is 11.7. The van der Waals surface area contributed by atoms with E-state index in [2.05, 4.69) is 29.5 Å². The Hall–Kier alpha value is -2.80. The summed E-state index contributed by atoms with van der Waals surface area (Å²) in [5, 5.41) is 16.5. The fourth-order valence-corrected chi connectivity index (χ4v) is 4.82. The largest absolute Gasteiger partial charge is 0.494 e. The predicted molar refractivity (Wildman–Crippen MR) is 130 cm³/mol. The molecule has 0 radical (unpaired) electrons. The second-order valence-electron chi connectivity index (χ2n) is 9.89. The number of aliphatic hydroxyl groups is 1. The van der Waals surface area contributed by atoms with Crippen molar-refractivity contribution in [1.29, 1.82) is 0 Å². The zero-order valence-corrected chi connectivity index (χ0v) is 20.6. The number of fused-ring (bicyclic) bond motifs is 1. The van der Waals surface area contributed by atoms with Gasteiger partial charge in [-0.25, -0.2) is 0 Å². The van der Waals surface area contributed by atoms with Crippen LogP contribution in [0.5, 0.6) is 5.75 Å². The highest BCUT2D eigenvalue weighted by Gasteiger charge is 2.36. The van der Waals surface area contributed by atoms with E-state index in [4.69, 9.17) is 4.74 Å². The molecule has 0 bridgehead atoms. The van der Waals surface area contributed by atoms with Gasteiger partial charge in [-0.3, -0.25) is 9.59 Å². The number of unbranched alkanes of at least 4 members (excludes halogenated alkanes) is 1. The van der Waals surface area contributed by atoms with Crippen molar-refractivity contribution in [3.8, 4) is 5.75 Å². The molecule has 7 heteroatoms. The van der Waals surface area contributed by atoms with E-state index in [0.29, 0.717) is 30.0 Å². The quantitative estimate of drug-likeness (QED) is 0.468. The third-order valence-corrected chi connectivity index (χ3v) is 6.48. The van der Waals surface area contributed by atoms with Gasteiger partial charge in [-0.2, -0.15) is 0 Å². The number of benzene rings is 1. The third-order valence-electron chi connectivity index (χ3n) is 6.48. The zero-order chi connectivity index (χ0) is 24.3. The number of hydrogen-bond acceptors (Lipinski definition) is 4. The molecule has 2 aromatic rings. The summed E-state index contributed by atoms with van der Waals surface area (Å²) in [6, 6.07) is 4.86. The van der Waals surface area contributed by atoms with Gasteiger partial charge in [0.15, 0.2) is 0 Å². The number of carbonyl (C=O) groups excluding carboxylic acids is 2. The first-order valence-electron chi connectivity index (χ1n) is 11.7. The fraction of sp³-hybridized carbons (Fsp3) is 0.538. The Bertz CT molecular complexity index is 1020. The molecule has 2 unspecified atom stereocenters. The maximum absolute atomic E-state index is 13.2. The number of aromatic nitrogens is 1. The van der Waals surface area contributed by atoms with Gasteiger partial charge in [0.25, 0.3) is 5.91 Å². The van der Waals surface area contributed by atoms with Gasteiger partial charge in [0.1, 0.15) is 17.5 Å². The molecule has 1 aromatic heterocycles. The topological polar surface area (TPSA) is 103 Å². The molecule has 1 aromatic carbocycles. The average molecular weight is 456 g/mol. The van der Waals surface area contributed by atoms with Gasteiger partial charge in [-0.05, 0) is 55.7 Å². The van der Waals surface area contributed by atoms with Gasteiger partial charge >= 0.3 is 0 Å². The number of H-pyrrole nitrogens is 1. The summed E-state index contributed by atoms with van der Waals surface area (Å²) in [6.45, 7) is 10.0. The van der Waals surface area contributed by atoms with Crippen molar-refractivity contribution in [3.63, 3.8) is 0 Å². The monoisotopic (exact) mass is 455 g/mol.